The first-order chi connectivity index (χ1) is 15.9. The van der Waals surface area contributed by atoms with E-state index in [1.165, 1.54) is 23.1 Å². The number of nitrogens with zero attached hydrogens (tertiary/aromatic N) is 1. The molecule has 0 heterocycles. The molecule has 0 saturated heterocycles. The highest BCUT2D eigenvalue weighted by Crippen LogP contribution is 2.17. The molecular weight excluding hydrogens is 518 g/mol. The first kappa shape index (κ1) is 27.9. The lowest BCUT2D eigenvalue weighted by molar-refractivity contribution is -0.119. The van der Waals surface area contributed by atoms with Crippen LogP contribution in [-0.2, 0) is 11.3 Å². The number of amides is 2. The smallest absolute Gasteiger partial charge is 0.423 e. The summed E-state index contributed by atoms with van der Waals surface area (Å²) in [6, 6.07) is 5.09. The summed E-state index contributed by atoms with van der Waals surface area (Å²) in [5.41, 5.74) is 10.0. The van der Waals surface area contributed by atoms with Crippen LogP contribution in [0.5, 0.6) is 0 Å². The van der Waals surface area contributed by atoms with E-state index in [9.17, 15) is 28.4 Å². The van der Waals surface area contributed by atoms with Gasteiger partial charge in [0.2, 0.25) is 5.91 Å². The molecule has 0 fully saturated rings. The van der Waals surface area contributed by atoms with Crippen LogP contribution in [0.1, 0.15) is 35.2 Å². The number of hydrogen-bond donors (Lipinski definition) is 6. The summed E-state index contributed by atoms with van der Waals surface area (Å²) in [5.74, 6) is -3.58. The summed E-state index contributed by atoms with van der Waals surface area (Å²) < 4.78 is 28.8. The maximum absolute atomic E-state index is 14.2. The van der Waals surface area contributed by atoms with Crippen LogP contribution in [0.3, 0.4) is 0 Å². The van der Waals surface area contributed by atoms with Crippen LogP contribution in [-0.4, -0.2) is 63.6 Å². The number of rotatable bonds is 11. The second-order valence-electron chi connectivity index (χ2n) is 7.73. The van der Waals surface area contributed by atoms with Gasteiger partial charge in [0.05, 0.1) is 11.5 Å². The van der Waals surface area contributed by atoms with Gasteiger partial charge in [0.25, 0.3) is 5.91 Å². The highest BCUT2D eigenvalue weighted by Gasteiger charge is 2.25. The first-order valence-electron chi connectivity index (χ1n) is 10.3. The third-order valence-corrected chi connectivity index (χ3v) is 5.54. The van der Waals surface area contributed by atoms with Gasteiger partial charge in [-0.25, -0.2) is 8.78 Å². The van der Waals surface area contributed by atoms with Gasteiger partial charge >= 0.3 is 14.2 Å². The molecule has 0 aliphatic heterocycles. The Morgan fingerprint density at radius 1 is 1.00 bits per heavy atom. The highest BCUT2D eigenvalue weighted by molar-refractivity contribution is 9.10. The van der Waals surface area contributed by atoms with Crippen LogP contribution in [0.25, 0.3) is 0 Å². The molecule has 0 aliphatic carbocycles. The molecule has 14 heteroatoms. The minimum atomic E-state index is -2.34. The zero-order chi connectivity index (χ0) is 25.6. The molecule has 1 atom stereocenters. The van der Waals surface area contributed by atoms with Crippen LogP contribution in [0, 0.1) is 11.6 Å². The minimum Gasteiger partial charge on any atom is -0.423 e. The van der Waals surface area contributed by atoms with E-state index in [0.717, 1.165) is 12.1 Å². The lowest BCUT2D eigenvalue weighted by Crippen LogP contribution is -2.37. The van der Waals surface area contributed by atoms with Gasteiger partial charge in [-0.1, -0.05) is 15.9 Å². The second kappa shape index (κ2) is 12.4. The Labute approximate surface area is 203 Å². The fraction of sp³-hybridized carbons (Fsp3) is 0.300. The van der Waals surface area contributed by atoms with Crippen molar-refractivity contribution in [2.24, 2.45) is 11.5 Å². The zero-order valence-corrected chi connectivity index (χ0v) is 19.6. The number of primary amides is 1. The van der Waals surface area contributed by atoms with E-state index in [0.29, 0.717) is 17.3 Å². The van der Waals surface area contributed by atoms with Crippen molar-refractivity contribution in [1.29, 1.82) is 0 Å². The van der Waals surface area contributed by atoms with Gasteiger partial charge in [0, 0.05) is 23.1 Å². The maximum atomic E-state index is 14.2. The average Bonchev–Trinajstić information content (AvgIpc) is 2.73. The normalized spacial score (nSPS) is 11.8. The molecule has 34 heavy (non-hydrogen) atoms. The Morgan fingerprint density at radius 2 is 1.62 bits per heavy atom. The number of carbonyl (C=O) groups is 2. The SMILES string of the molecule is NC(=O)[C@@H](N)CCCCN(Cc1cc(F)c(B(O)O)c(F)c1)C(=O)c1cc(Br)cc(B(O)O)c1. The van der Waals surface area contributed by atoms with Crippen LogP contribution in [0.4, 0.5) is 8.78 Å². The lowest BCUT2D eigenvalue weighted by Gasteiger charge is -2.24. The third kappa shape index (κ3) is 7.58. The van der Waals surface area contributed by atoms with Gasteiger partial charge in [-0.3, -0.25) is 9.59 Å². The Morgan fingerprint density at radius 3 is 2.15 bits per heavy atom. The number of hydrogen-bond acceptors (Lipinski definition) is 7. The summed E-state index contributed by atoms with van der Waals surface area (Å²) in [6.07, 6.45) is 1.10. The largest absolute Gasteiger partial charge is 0.494 e. The number of nitrogens with two attached hydrogens (primary N) is 2. The predicted molar refractivity (Wildman–Crippen MR) is 126 cm³/mol. The molecule has 0 spiro atoms. The van der Waals surface area contributed by atoms with Crippen molar-refractivity contribution < 1.29 is 38.5 Å². The topological polar surface area (TPSA) is 170 Å². The molecule has 2 amide bonds. The number of halogens is 3. The summed E-state index contributed by atoms with van der Waals surface area (Å²) in [5, 5.41) is 37.2. The molecule has 0 bridgehead atoms. The van der Waals surface area contributed by atoms with Gasteiger partial charge in [0.1, 0.15) is 11.6 Å². The van der Waals surface area contributed by atoms with Crippen molar-refractivity contribution in [2.75, 3.05) is 6.54 Å². The van der Waals surface area contributed by atoms with Crippen molar-refractivity contribution in [2.45, 2.75) is 31.8 Å². The third-order valence-electron chi connectivity index (χ3n) is 5.08. The molecule has 2 aromatic rings. The average molecular weight is 542 g/mol. The molecule has 0 aromatic heterocycles. The van der Waals surface area contributed by atoms with E-state index >= 15 is 0 Å². The van der Waals surface area contributed by atoms with Crippen LogP contribution in [0.15, 0.2) is 34.8 Å². The van der Waals surface area contributed by atoms with Crippen molar-refractivity contribution in [3.05, 3.63) is 57.6 Å². The quantitative estimate of drug-likeness (QED) is 0.152. The molecular formula is C20H24B2BrF2N3O6. The maximum Gasteiger partial charge on any atom is 0.494 e. The lowest BCUT2D eigenvalue weighted by atomic mass is 9.79. The van der Waals surface area contributed by atoms with Gasteiger partial charge in [-0.15, -0.1) is 0 Å². The van der Waals surface area contributed by atoms with Crippen molar-refractivity contribution in [3.8, 4) is 0 Å². The molecule has 9 nitrogen and oxygen atoms in total. The van der Waals surface area contributed by atoms with Crippen LogP contribution in [0.2, 0.25) is 0 Å². The number of carbonyl (C=O) groups excluding carboxylic acids is 2. The van der Waals surface area contributed by atoms with E-state index < -0.39 is 49.2 Å². The molecule has 8 N–H and O–H groups in total. The molecule has 0 aliphatic rings. The summed E-state index contributed by atoms with van der Waals surface area (Å²) >= 11 is 3.20. The van der Waals surface area contributed by atoms with E-state index in [4.69, 9.17) is 21.5 Å². The minimum absolute atomic E-state index is 0.0546. The number of benzene rings is 2. The van der Waals surface area contributed by atoms with Gasteiger partial charge in [0.15, 0.2) is 0 Å². The summed E-state index contributed by atoms with van der Waals surface area (Å²) in [6.45, 7) is -0.124. The molecule has 0 saturated carbocycles. The predicted octanol–water partition coefficient (Wildman–Crippen LogP) is -1.29. The van der Waals surface area contributed by atoms with Crippen LogP contribution < -0.4 is 22.4 Å². The van der Waals surface area contributed by atoms with Crippen molar-refractivity contribution >= 4 is 52.9 Å². The molecule has 2 aromatic carbocycles. The van der Waals surface area contributed by atoms with E-state index in [-0.39, 0.29) is 36.1 Å². The first-order valence-corrected chi connectivity index (χ1v) is 11.0. The molecule has 182 valence electrons. The van der Waals surface area contributed by atoms with Crippen LogP contribution >= 0.6 is 15.9 Å². The van der Waals surface area contributed by atoms with Crippen molar-refractivity contribution in [1.82, 2.24) is 4.90 Å². The Hall–Kier alpha value is -2.35. The molecule has 2 rings (SSSR count). The van der Waals surface area contributed by atoms with Gasteiger partial charge in [-0.2, -0.15) is 0 Å². The monoisotopic (exact) mass is 541 g/mol. The van der Waals surface area contributed by atoms with E-state index in [1.807, 2.05) is 0 Å². The highest BCUT2D eigenvalue weighted by atomic mass is 79.9. The Bertz CT molecular complexity index is 1020. The molecule has 0 unspecified atom stereocenters. The second-order valence-corrected chi connectivity index (χ2v) is 8.64. The van der Waals surface area contributed by atoms with E-state index in [2.05, 4.69) is 15.9 Å². The van der Waals surface area contributed by atoms with Gasteiger partial charge in [-0.05, 0) is 60.6 Å². The van der Waals surface area contributed by atoms with Gasteiger partial charge < -0.3 is 36.5 Å². The summed E-state index contributed by atoms with van der Waals surface area (Å²) in [4.78, 5) is 25.6. The fourth-order valence-electron chi connectivity index (χ4n) is 3.32. The fourth-order valence-corrected chi connectivity index (χ4v) is 3.84. The Kier molecular flexibility index (Phi) is 10.2. The van der Waals surface area contributed by atoms with E-state index in [1.54, 1.807) is 0 Å². The zero-order valence-electron chi connectivity index (χ0n) is 18.0. The van der Waals surface area contributed by atoms with Crippen molar-refractivity contribution in [3.63, 3.8) is 0 Å². The standard InChI is InChI=1S/C20H24B2BrF2N3O6/c23-14-8-12(7-13(9-14)21(31)32)20(30)28(4-2-1-3-17(26)19(27)29)10-11-5-15(24)18(22(33)34)16(25)6-11/h5-9,17,31-34H,1-4,10,26H2,(H2,27,29)/t17-/m0/s1. The molecule has 0 radical (unpaired) electrons. The summed E-state index contributed by atoms with van der Waals surface area (Å²) in [7, 11) is -4.17. The number of unbranched alkanes of at least 4 members (excludes halogenated alkanes) is 1. The Balaban J connectivity index is 2.31.